The molecule has 0 atom stereocenters. The number of hydrogen-bond acceptors (Lipinski definition) is 3. The molecule has 0 saturated heterocycles. The fourth-order valence-electron chi connectivity index (χ4n) is 2.00. The van der Waals surface area contributed by atoms with Gasteiger partial charge in [-0.25, -0.2) is 0 Å². The number of benzene rings is 1. The van der Waals surface area contributed by atoms with Crippen molar-refractivity contribution in [1.82, 2.24) is 0 Å². The second-order valence-electron chi connectivity index (χ2n) is 4.97. The molecule has 18 heavy (non-hydrogen) atoms. The molecule has 0 radical (unpaired) electrons. The third-order valence-corrected chi connectivity index (χ3v) is 4.13. The molecule has 0 aliphatic heterocycles. The number of ether oxygens (including phenoxy) is 1. The lowest BCUT2D eigenvalue weighted by molar-refractivity contribution is 0.0159. The zero-order valence-corrected chi connectivity index (χ0v) is 12.7. The molecule has 0 amide bonds. The van der Waals surface area contributed by atoms with Gasteiger partial charge >= 0.3 is 0 Å². The normalized spacial score (nSPS) is 11.9. The Morgan fingerprint density at radius 3 is 2.33 bits per heavy atom. The quantitative estimate of drug-likeness (QED) is 0.848. The van der Waals surface area contributed by atoms with Crippen LogP contribution in [-0.2, 0) is 6.42 Å². The number of rotatable bonds is 6. The Hall–Kier alpha value is -0.580. The monoisotopic (exact) mass is 316 g/mol. The summed E-state index contributed by atoms with van der Waals surface area (Å²) in [5.74, 6) is 0.960. The molecule has 4 heteroatoms. The van der Waals surface area contributed by atoms with Crippen LogP contribution in [0.2, 0.25) is 0 Å². The van der Waals surface area contributed by atoms with E-state index in [9.17, 15) is 10.2 Å². The van der Waals surface area contributed by atoms with Crippen molar-refractivity contribution in [2.75, 3.05) is 20.3 Å². The molecular weight excluding hydrogens is 296 g/mol. The predicted molar refractivity (Wildman–Crippen MR) is 75.8 cm³/mol. The molecule has 0 bridgehead atoms. The SMILES string of the molecule is COc1ccc(Br)cc1CC(CO)(CO)C(C)C. The van der Waals surface area contributed by atoms with Crippen LogP contribution >= 0.6 is 15.9 Å². The molecule has 0 aromatic heterocycles. The molecule has 1 aromatic carbocycles. The summed E-state index contributed by atoms with van der Waals surface area (Å²) in [6.07, 6.45) is 0.584. The molecule has 0 aliphatic rings. The van der Waals surface area contributed by atoms with Gasteiger partial charge in [0.2, 0.25) is 0 Å². The first-order chi connectivity index (χ1) is 8.49. The highest BCUT2D eigenvalue weighted by atomic mass is 79.9. The van der Waals surface area contributed by atoms with E-state index in [4.69, 9.17) is 4.74 Å². The summed E-state index contributed by atoms with van der Waals surface area (Å²) in [5, 5.41) is 19.3. The van der Waals surface area contributed by atoms with Gasteiger partial charge in [0.1, 0.15) is 5.75 Å². The Morgan fingerprint density at radius 1 is 1.28 bits per heavy atom. The van der Waals surface area contributed by atoms with E-state index in [0.29, 0.717) is 6.42 Å². The van der Waals surface area contributed by atoms with Crippen molar-refractivity contribution in [3.8, 4) is 5.75 Å². The molecule has 3 nitrogen and oxygen atoms in total. The molecule has 0 heterocycles. The second kappa shape index (κ2) is 6.55. The molecule has 0 saturated carbocycles. The van der Waals surface area contributed by atoms with Crippen LogP contribution in [-0.4, -0.2) is 30.5 Å². The molecule has 1 rings (SSSR count). The van der Waals surface area contributed by atoms with Gasteiger partial charge in [0.15, 0.2) is 0 Å². The molecular formula is C14H21BrO3. The first-order valence-corrected chi connectivity index (χ1v) is 6.82. The van der Waals surface area contributed by atoms with Gasteiger partial charge in [0.25, 0.3) is 0 Å². The van der Waals surface area contributed by atoms with E-state index < -0.39 is 5.41 Å². The Labute approximate surface area is 117 Å². The lowest BCUT2D eigenvalue weighted by Gasteiger charge is -2.34. The minimum atomic E-state index is -0.520. The molecule has 2 N–H and O–H groups in total. The lowest BCUT2D eigenvalue weighted by Crippen LogP contribution is -2.37. The molecule has 102 valence electrons. The van der Waals surface area contributed by atoms with Gasteiger partial charge < -0.3 is 14.9 Å². The van der Waals surface area contributed by atoms with Crippen molar-refractivity contribution in [1.29, 1.82) is 0 Å². The maximum atomic E-state index is 9.63. The van der Waals surface area contributed by atoms with Crippen LogP contribution < -0.4 is 4.74 Å². The smallest absolute Gasteiger partial charge is 0.122 e. The summed E-state index contributed by atoms with van der Waals surface area (Å²) in [5.41, 5.74) is 0.470. The second-order valence-corrected chi connectivity index (χ2v) is 5.88. The maximum absolute atomic E-state index is 9.63. The molecule has 0 unspecified atom stereocenters. The van der Waals surface area contributed by atoms with Crippen molar-refractivity contribution in [3.63, 3.8) is 0 Å². The summed E-state index contributed by atoms with van der Waals surface area (Å²) < 4.78 is 6.30. The van der Waals surface area contributed by atoms with E-state index in [1.165, 1.54) is 0 Å². The Balaban J connectivity index is 3.10. The lowest BCUT2D eigenvalue weighted by atomic mass is 9.74. The van der Waals surface area contributed by atoms with Gasteiger partial charge in [0.05, 0.1) is 20.3 Å². The van der Waals surface area contributed by atoms with Crippen molar-refractivity contribution in [2.45, 2.75) is 20.3 Å². The minimum Gasteiger partial charge on any atom is -0.496 e. The van der Waals surface area contributed by atoms with E-state index in [2.05, 4.69) is 15.9 Å². The summed E-state index contributed by atoms with van der Waals surface area (Å²) in [7, 11) is 1.63. The number of hydrogen-bond donors (Lipinski definition) is 2. The van der Waals surface area contributed by atoms with E-state index in [0.717, 1.165) is 15.8 Å². The van der Waals surface area contributed by atoms with Gasteiger partial charge in [-0.05, 0) is 36.1 Å². The molecule has 1 aromatic rings. The van der Waals surface area contributed by atoms with Crippen molar-refractivity contribution >= 4 is 15.9 Å². The zero-order chi connectivity index (χ0) is 13.8. The van der Waals surface area contributed by atoms with Crippen molar-refractivity contribution in [2.24, 2.45) is 11.3 Å². The maximum Gasteiger partial charge on any atom is 0.122 e. The van der Waals surface area contributed by atoms with E-state index in [1.807, 2.05) is 32.0 Å². The third kappa shape index (κ3) is 3.25. The van der Waals surface area contributed by atoms with Crippen LogP contribution in [0.3, 0.4) is 0 Å². The minimum absolute atomic E-state index is 0.0448. The van der Waals surface area contributed by atoms with Crippen LogP contribution in [0.5, 0.6) is 5.75 Å². The van der Waals surface area contributed by atoms with Crippen LogP contribution in [0.1, 0.15) is 19.4 Å². The van der Waals surface area contributed by atoms with Gasteiger partial charge in [-0.1, -0.05) is 29.8 Å². The molecule has 0 fully saturated rings. The van der Waals surface area contributed by atoms with Gasteiger partial charge in [0, 0.05) is 9.89 Å². The highest BCUT2D eigenvalue weighted by Crippen LogP contribution is 2.35. The number of methoxy groups -OCH3 is 1. The average Bonchev–Trinajstić information content (AvgIpc) is 2.36. The summed E-state index contributed by atoms with van der Waals surface area (Å²) in [6.45, 7) is 3.93. The van der Waals surface area contributed by atoms with Gasteiger partial charge in [-0.2, -0.15) is 0 Å². The van der Waals surface area contributed by atoms with Gasteiger partial charge in [-0.15, -0.1) is 0 Å². The van der Waals surface area contributed by atoms with Crippen LogP contribution in [0.25, 0.3) is 0 Å². The Kier molecular flexibility index (Phi) is 5.63. The van der Waals surface area contributed by atoms with Crippen LogP contribution in [0.4, 0.5) is 0 Å². The zero-order valence-electron chi connectivity index (χ0n) is 11.1. The highest BCUT2D eigenvalue weighted by Gasteiger charge is 2.33. The van der Waals surface area contributed by atoms with E-state index in [-0.39, 0.29) is 19.1 Å². The first kappa shape index (κ1) is 15.5. The number of halogens is 1. The summed E-state index contributed by atoms with van der Waals surface area (Å²) in [6, 6.07) is 5.78. The number of aliphatic hydroxyl groups excluding tert-OH is 2. The van der Waals surface area contributed by atoms with E-state index >= 15 is 0 Å². The van der Waals surface area contributed by atoms with Gasteiger partial charge in [-0.3, -0.25) is 0 Å². The standard InChI is InChI=1S/C14H21BrO3/c1-10(2)14(8-16,9-17)7-11-6-12(15)4-5-13(11)18-3/h4-6,10,16-17H,7-9H2,1-3H3. The molecule has 0 spiro atoms. The Bertz CT molecular complexity index is 387. The summed E-state index contributed by atoms with van der Waals surface area (Å²) in [4.78, 5) is 0. The van der Waals surface area contributed by atoms with Crippen molar-refractivity contribution < 1.29 is 14.9 Å². The van der Waals surface area contributed by atoms with E-state index in [1.54, 1.807) is 7.11 Å². The summed E-state index contributed by atoms with van der Waals surface area (Å²) >= 11 is 3.43. The number of aliphatic hydroxyl groups is 2. The topological polar surface area (TPSA) is 49.7 Å². The fraction of sp³-hybridized carbons (Fsp3) is 0.571. The highest BCUT2D eigenvalue weighted by molar-refractivity contribution is 9.10. The fourth-order valence-corrected chi connectivity index (χ4v) is 2.40. The average molecular weight is 317 g/mol. The largest absolute Gasteiger partial charge is 0.496 e. The molecule has 0 aliphatic carbocycles. The van der Waals surface area contributed by atoms with Crippen molar-refractivity contribution in [3.05, 3.63) is 28.2 Å². The van der Waals surface area contributed by atoms with Crippen LogP contribution in [0.15, 0.2) is 22.7 Å². The Morgan fingerprint density at radius 2 is 1.89 bits per heavy atom. The first-order valence-electron chi connectivity index (χ1n) is 6.03. The third-order valence-electron chi connectivity index (χ3n) is 3.64. The predicted octanol–water partition coefficient (Wildman–Crippen LogP) is 2.63. The van der Waals surface area contributed by atoms with Crippen LogP contribution in [0, 0.1) is 11.3 Å².